The van der Waals surface area contributed by atoms with Gasteiger partial charge in [0.1, 0.15) is 11.6 Å². The molecule has 0 radical (unpaired) electrons. The second-order valence-electron chi connectivity index (χ2n) is 5.83. The lowest BCUT2D eigenvalue weighted by molar-refractivity contribution is -0.121. The number of rotatable bonds is 8. The molecule has 5 nitrogen and oxygen atoms in total. The van der Waals surface area contributed by atoms with Crippen LogP contribution in [0.4, 0.5) is 14.5 Å². The predicted molar refractivity (Wildman–Crippen MR) is 95.5 cm³/mol. The molecule has 0 aliphatic rings. The Morgan fingerprint density at radius 3 is 2.38 bits per heavy atom. The molecule has 2 amide bonds. The Morgan fingerprint density at radius 1 is 0.962 bits per heavy atom. The summed E-state index contributed by atoms with van der Waals surface area (Å²) in [4.78, 5) is 23.5. The summed E-state index contributed by atoms with van der Waals surface area (Å²) in [5.74, 6) is -2.41. The van der Waals surface area contributed by atoms with E-state index in [2.05, 4.69) is 10.6 Å². The van der Waals surface area contributed by atoms with E-state index in [1.54, 1.807) is 0 Å². The third-order valence-electron chi connectivity index (χ3n) is 3.76. The maximum atomic E-state index is 13.5. The van der Waals surface area contributed by atoms with Crippen molar-refractivity contribution in [3.63, 3.8) is 0 Å². The van der Waals surface area contributed by atoms with Crippen molar-refractivity contribution in [3.8, 4) is 0 Å². The Labute approximate surface area is 150 Å². The Hall–Kier alpha value is -2.96. The zero-order valence-electron chi connectivity index (χ0n) is 14.2. The number of hydrogen-bond donors (Lipinski definition) is 3. The molecule has 0 heterocycles. The highest BCUT2D eigenvalue weighted by atomic mass is 19.1. The molecule has 26 heavy (non-hydrogen) atoms. The molecule has 0 fully saturated rings. The number of nitrogen functional groups attached to an aromatic ring is 1. The van der Waals surface area contributed by atoms with Gasteiger partial charge in [-0.1, -0.05) is 12.1 Å². The lowest BCUT2D eigenvalue weighted by Crippen LogP contribution is -2.29. The fraction of sp³-hybridized carbons (Fsp3) is 0.263. The van der Waals surface area contributed by atoms with Crippen LogP contribution in [0.2, 0.25) is 0 Å². The molecule has 0 unspecified atom stereocenters. The average molecular weight is 361 g/mol. The standard InChI is InChI=1S/C19H21F2N3O2/c20-14-5-8-16(17(21)12-14)19(26)24-10-1-2-18(25)23-11-9-13-3-6-15(22)7-4-13/h3-8,12H,1-2,9-11,22H2,(H,23,25)(H,24,26). The van der Waals surface area contributed by atoms with Gasteiger partial charge in [0.25, 0.3) is 5.91 Å². The van der Waals surface area contributed by atoms with Crippen LogP contribution in [-0.4, -0.2) is 24.9 Å². The van der Waals surface area contributed by atoms with Crippen molar-refractivity contribution < 1.29 is 18.4 Å². The zero-order valence-corrected chi connectivity index (χ0v) is 14.2. The number of anilines is 1. The number of carbonyl (C=O) groups excluding carboxylic acids is 2. The van der Waals surface area contributed by atoms with E-state index in [1.165, 1.54) is 0 Å². The van der Waals surface area contributed by atoms with Crippen molar-refractivity contribution in [2.45, 2.75) is 19.3 Å². The second kappa shape index (κ2) is 9.50. The fourth-order valence-corrected chi connectivity index (χ4v) is 2.34. The van der Waals surface area contributed by atoms with Crippen LogP contribution in [0.1, 0.15) is 28.8 Å². The number of benzene rings is 2. The van der Waals surface area contributed by atoms with Crippen molar-refractivity contribution in [2.24, 2.45) is 0 Å². The smallest absolute Gasteiger partial charge is 0.254 e. The third-order valence-corrected chi connectivity index (χ3v) is 3.76. The largest absolute Gasteiger partial charge is 0.399 e. The molecule has 0 aromatic heterocycles. The summed E-state index contributed by atoms with van der Waals surface area (Å²) < 4.78 is 26.3. The minimum Gasteiger partial charge on any atom is -0.399 e. The van der Waals surface area contributed by atoms with E-state index in [-0.39, 0.29) is 24.4 Å². The first-order valence-electron chi connectivity index (χ1n) is 8.30. The molecule has 2 rings (SSSR count). The summed E-state index contributed by atoms with van der Waals surface area (Å²) in [5, 5.41) is 5.30. The third kappa shape index (κ3) is 6.16. The van der Waals surface area contributed by atoms with Gasteiger partial charge in [0.05, 0.1) is 5.56 Å². The zero-order chi connectivity index (χ0) is 18.9. The number of amides is 2. The SMILES string of the molecule is Nc1ccc(CCNC(=O)CCCNC(=O)c2ccc(F)cc2F)cc1. The molecule has 0 atom stereocenters. The van der Waals surface area contributed by atoms with Gasteiger partial charge >= 0.3 is 0 Å². The Bertz CT molecular complexity index is 764. The molecule has 0 aliphatic heterocycles. The van der Waals surface area contributed by atoms with Crippen molar-refractivity contribution in [2.75, 3.05) is 18.8 Å². The normalized spacial score (nSPS) is 10.4. The molecule has 0 saturated carbocycles. The summed E-state index contributed by atoms with van der Waals surface area (Å²) in [6.45, 7) is 0.733. The minimum atomic E-state index is -0.914. The lowest BCUT2D eigenvalue weighted by atomic mass is 10.1. The molecule has 0 saturated heterocycles. The van der Waals surface area contributed by atoms with Crippen LogP contribution in [0.25, 0.3) is 0 Å². The molecular formula is C19H21F2N3O2. The Balaban J connectivity index is 1.62. The van der Waals surface area contributed by atoms with Gasteiger partial charge in [-0.2, -0.15) is 0 Å². The number of halogens is 2. The van der Waals surface area contributed by atoms with E-state index in [9.17, 15) is 18.4 Å². The van der Waals surface area contributed by atoms with Crippen LogP contribution in [0, 0.1) is 11.6 Å². The quantitative estimate of drug-likeness (QED) is 0.499. The van der Waals surface area contributed by atoms with Crippen molar-refractivity contribution >= 4 is 17.5 Å². The van der Waals surface area contributed by atoms with Crippen LogP contribution >= 0.6 is 0 Å². The van der Waals surface area contributed by atoms with Crippen LogP contribution in [0.15, 0.2) is 42.5 Å². The molecule has 0 aliphatic carbocycles. The minimum absolute atomic E-state index is 0.123. The highest BCUT2D eigenvalue weighted by Gasteiger charge is 2.12. The maximum absolute atomic E-state index is 13.5. The summed E-state index contributed by atoms with van der Waals surface area (Å²) in [6.07, 6.45) is 1.36. The van der Waals surface area contributed by atoms with Gasteiger partial charge in [-0.3, -0.25) is 9.59 Å². The Kier molecular flexibility index (Phi) is 7.08. The number of hydrogen-bond acceptors (Lipinski definition) is 3. The predicted octanol–water partition coefficient (Wildman–Crippen LogP) is 2.42. The first kappa shape index (κ1) is 19.4. The van der Waals surface area contributed by atoms with E-state index >= 15 is 0 Å². The number of nitrogens with one attached hydrogen (secondary N) is 2. The van der Waals surface area contributed by atoms with E-state index in [1.807, 2.05) is 24.3 Å². The maximum Gasteiger partial charge on any atom is 0.254 e. The first-order chi connectivity index (χ1) is 12.5. The molecule has 138 valence electrons. The van der Waals surface area contributed by atoms with Crippen molar-refractivity contribution in [1.29, 1.82) is 0 Å². The number of nitrogens with two attached hydrogens (primary N) is 1. The van der Waals surface area contributed by atoms with Crippen molar-refractivity contribution in [3.05, 3.63) is 65.2 Å². The summed E-state index contributed by atoms with van der Waals surface area (Å²) in [7, 11) is 0. The van der Waals surface area contributed by atoms with Gasteiger partial charge < -0.3 is 16.4 Å². The topological polar surface area (TPSA) is 84.2 Å². The average Bonchev–Trinajstić information content (AvgIpc) is 2.60. The van der Waals surface area contributed by atoms with Crippen LogP contribution in [-0.2, 0) is 11.2 Å². The van der Waals surface area contributed by atoms with Crippen LogP contribution in [0.3, 0.4) is 0 Å². The van der Waals surface area contributed by atoms with E-state index in [0.29, 0.717) is 31.1 Å². The molecule has 7 heteroatoms. The highest BCUT2D eigenvalue weighted by molar-refractivity contribution is 5.94. The molecule has 0 spiro atoms. The van der Waals surface area contributed by atoms with E-state index in [0.717, 1.165) is 17.7 Å². The van der Waals surface area contributed by atoms with Gasteiger partial charge in [0.2, 0.25) is 5.91 Å². The number of carbonyl (C=O) groups is 2. The summed E-state index contributed by atoms with van der Waals surface area (Å²) in [6, 6.07) is 10.2. The van der Waals surface area contributed by atoms with Gasteiger partial charge in [-0.25, -0.2) is 8.78 Å². The monoisotopic (exact) mass is 361 g/mol. The van der Waals surface area contributed by atoms with Gasteiger partial charge in [-0.05, 0) is 42.7 Å². The van der Waals surface area contributed by atoms with Crippen molar-refractivity contribution in [1.82, 2.24) is 10.6 Å². The van der Waals surface area contributed by atoms with Gasteiger partial charge in [0, 0.05) is 31.3 Å². The van der Waals surface area contributed by atoms with E-state index < -0.39 is 17.5 Å². The molecule has 0 bridgehead atoms. The van der Waals surface area contributed by atoms with Crippen LogP contribution < -0.4 is 16.4 Å². The van der Waals surface area contributed by atoms with Gasteiger partial charge in [0.15, 0.2) is 0 Å². The molecular weight excluding hydrogens is 340 g/mol. The van der Waals surface area contributed by atoms with E-state index in [4.69, 9.17) is 5.73 Å². The van der Waals surface area contributed by atoms with Crippen LogP contribution in [0.5, 0.6) is 0 Å². The summed E-state index contributed by atoms with van der Waals surface area (Å²) >= 11 is 0. The molecule has 2 aromatic rings. The fourth-order valence-electron chi connectivity index (χ4n) is 2.34. The first-order valence-corrected chi connectivity index (χ1v) is 8.30. The second-order valence-corrected chi connectivity index (χ2v) is 5.83. The molecule has 2 aromatic carbocycles. The highest BCUT2D eigenvalue weighted by Crippen LogP contribution is 2.09. The lowest BCUT2D eigenvalue weighted by Gasteiger charge is -2.07. The Morgan fingerprint density at radius 2 is 1.69 bits per heavy atom. The molecule has 4 N–H and O–H groups in total. The summed E-state index contributed by atoms with van der Waals surface area (Å²) in [5.41, 5.74) is 7.16. The van der Waals surface area contributed by atoms with Gasteiger partial charge in [-0.15, -0.1) is 0 Å².